The predicted molar refractivity (Wildman–Crippen MR) is 83.9 cm³/mol. The fraction of sp³-hybridized carbons (Fsp3) is 0.294. The lowest BCUT2D eigenvalue weighted by molar-refractivity contribution is 0.446. The summed E-state index contributed by atoms with van der Waals surface area (Å²) in [6.07, 6.45) is 6.33. The standard InChI is InChI=1S/C17H16N2OS/c1-21-16-9-5-4-8-15(16)20-17-13(11-18)10-12-6-2-3-7-14(12)19-17/h4-5,8-10H,2-3,6-7H2,1H3. The van der Waals surface area contributed by atoms with Gasteiger partial charge in [-0.15, -0.1) is 11.8 Å². The number of fused-ring (bicyclic) bond motifs is 1. The van der Waals surface area contributed by atoms with Gasteiger partial charge in [-0.05, 0) is 55.7 Å². The zero-order valence-electron chi connectivity index (χ0n) is 11.9. The van der Waals surface area contributed by atoms with Crippen LogP contribution in [-0.2, 0) is 12.8 Å². The first kappa shape index (κ1) is 14.0. The zero-order valence-corrected chi connectivity index (χ0v) is 12.7. The molecule has 0 spiro atoms. The number of nitrogens with zero attached hydrogens (tertiary/aromatic N) is 2. The number of benzene rings is 1. The van der Waals surface area contributed by atoms with E-state index in [1.165, 1.54) is 12.0 Å². The molecule has 0 saturated carbocycles. The molecule has 1 aliphatic rings. The SMILES string of the molecule is CSc1ccccc1Oc1nc2c(cc1C#N)CCCC2. The number of pyridine rings is 1. The van der Waals surface area contributed by atoms with Crippen LogP contribution in [0.15, 0.2) is 35.2 Å². The molecule has 0 bridgehead atoms. The Morgan fingerprint density at radius 1 is 1.24 bits per heavy atom. The van der Waals surface area contributed by atoms with Crippen LogP contribution in [0.4, 0.5) is 0 Å². The van der Waals surface area contributed by atoms with E-state index >= 15 is 0 Å². The van der Waals surface area contributed by atoms with Crippen molar-refractivity contribution in [1.82, 2.24) is 4.98 Å². The second-order valence-electron chi connectivity index (χ2n) is 5.02. The van der Waals surface area contributed by atoms with Gasteiger partial charge in [-0.25, -0.2) is 4.98 Å². The van der Waals surface area contributed by atoms with E-state index in [1.54, 1.807) is 11.8 Å². The third kappa shape index (κ3) is 2.88. The van der Waals surface area contributed by atoms with E-state index in [2.05, 4.69) is 11.1 Å². The summed E-state index contributed by atoms with van der Waals surface area (Å²) in [5.74, 6) is 1.18. The Labute approximate surface area is 129 Å². The predicted octanol–water partition coefficient (Wildman–Crippen LogP) is 4.35. The minimum Gasteiger partial charge on any atom is -0.436 e. The first-order chi connectivity index (χ1) is 10.3. The van der Waals surface area contributed by atoms with Crippen LogP contribution in [0.25, 0.3) is 0 Å². The Kier molecular flexibility index (Phi) is 4.12. The van der Waals surface area contributed by atoms with E-state index in [4.69, 9.17) is 4.74 Å². The van der Waals surface area contributed by atoms with Crippen LogP contribution in [0.3, 0.4) is 0 Å². The van der Waals surface area contributed by atoms with Gasteiger partial charge >= 0.3 is 0 Å². The summed E-state index contributed by atoms with van der Waals surface area (Å²) in [7, 11) is 0. The molecule has 4 heteroatoms. The van der Waals surface area contributed by atoms with Crippen LogP contribution in [0.1, 0.15) is 29.7 Å². The molecule has 21 heavy (non-hydrogen) atoms. The maximum atomic E-state index is 9.35. The van der Waals surface area contributed by atoms with Gasteiger partial charge in [0.15, 0.2) is 0 Å². The average Bonchev–Trinajstić information content (AvgIpc) is 2.54. The Bertz CT molecular complexity index is 706. The molecule has 0 aliphatic heterocycles. The van der Waals surface area contributed by atoms with E-state index < -0.39 is 0 Å². The molecular weight excluding hydrogens is 280 g/mol. The van der Waals surface area contributed by atoms with Gasteiger partial charge in [-0.1, -0.05) is 12.1 Å². The summed E-state index contributed by atoms with van der Waals surface area (Å²) in [6, 6.07) is 12.0. The summed E-state index contributed by atoms with van der Waals surface area (Å²) in [4.78, 5) is 5.64. The average molecular weight is 296 g/mol. The zero-order chi connectivity index (χ0) is 14.7. The summed E-state index contributed by atoms with van der Waals surface area (Å²) >= 11 is 1.62. The maximum Gasteiger partial charge on any atom is 0.237 e. The number of para-hydroxylation sites is 1. The molecule has 0 unspecified atom stereocenters. The van der Waals surface area contributed by atoms with Crippen molar-refractivity contribution in [3.05, 3.63) is 47.2 Å². The van der Waals surface area contributed by atoms with Crippen molar-refractivity contribution in [1.29, 1.82) is 5.26 Å². The monoisotopic (exact) mass is 296 g/mol. The van der Waals surface area contributed by atoms with Crippen molar-refractivity contribution in [3.8, 4) is 17.7 Å². The molecule has 0 fully saturated rings. The van der Waals surface area contributed by atoms with Gasteiger partial charge in [0.05, 0.1) is 0 Å². The second kappa shape index (κ2) is 6.19. The lowest BCUT2D eigenvalue weighted by Crippen LogP contribution is -2.07. The highest BCUT2D eigenvalue weighted by atomic mass is 32.2. The summed E-state index contributed by atoms with van der Waals surface area (Å²) in [5.41, 5.74) is 2.80. The van der Waals surface area contributed by atoms with E-state index in [0.717, 1.165) is 35.6 Å². The molecule has 0 saturated heterocycles. The van der Waals surface area contributed by atoms with Gasteiger partial charge in [0.25, 0.3) is 0 Å². The van der Waals surface area contributed by atoms with E-state index in [-0.39, 0.29) is 0 Å². The number of hydrogen-bond donors (Lipinski definition) is 0. The number of aromatic nitrogens is 1. The molecule has 2 aromatic rings. The fourth-order valence-corrected chi connectivity index (χ4v) is 3.11. The number of nitriles is 1. The van der Waals surface area contributed by atoms with Crippen molar-refractivity contribution in [2.24, 2.45) is 0 Å². The second-order valence-corrected chi connectivity index (χ2v) is 5.87. The van der Waals surface area contributed by atoms with Gasteiger partial charge in [-0.3, -0.25) is 0 Å². The minimum atomic E-state index is 0.430. The van der Waals surface area contributed by atoms with Crippen molar-refractivity contribution in [2.75, 3.05) is 6.26 Å². The van der Waals surface area contributed by atoms with Crippen molar-refractivity contribution >= 4 is 11.8 Å². The Morgan fingerprint density at radius 2 is 2.05 bits per heavy atom. The smallest absolute Gasteiger partial charge is 0.237 e. The van der Waals surface area contributed by atoms with Crippen molar-refractivity contribution in [3.63, 3.8) is 0 Å². The summed E-state index contributed by atoms with van der Waals surface area (Å²) in [5, 5.41) is 9.35. The minimum absolute atomic E-state index is 0.430. The van der Waals surface area contributed by atoms with Gasteiger partial charge in [0, 0.05) is 10.6 Å². The Morgan fingerprint density at radius 3 is 2.86 bits per heavy atom. The first-order valence-electron chi connectivity index (χ1n) is 7.05. The van der Waals surface area contributed by atoms with Crippen LogP contribution in [0.5, 0.6) is 11.6 Å². The van der Waals surface area contributed by atoms with Crippen LogP contribution in [0, 0.1) is 11.3 Å². The lowest BCUT2D eigenvalue weighted by Gasteiger charge is -2.17. The van der Waals surface area contributed by atoms with Crippen molar-refractivity contribution < 1.29 is 4.74 Å². The molecular formula is C17H16N2OS. The molecule has 0 amide bonds. The largest absolute Gasteiger partial charge is 0.436 e. The third-order valence-electron chi connectivity index (χ3n) is 3.66. The van der Waals surface area contributed by atoms with Crippen LogP contribution in [-0.4, -0.2) is 11.2 Å². The molecule has 0 N–H and O–H groups in total. The summed E-state index contributed by atoms with van der Waals surface area (Å²) < 4.78 is 5.93. The number of ether oxygens (including phenoxy) is 1. The molecule has 106 valence electrons. The Hall–Kier alpha value is -1.99. The number of thioether (sulfide) groups is 1. The van der Waals surface area contributed by atoms with Gasteiger partial charge in [-0.2, -0.15) is 5.26 Å². The molecule has 1 aliphatic carbocycles. The molecule has 0 radical (unpaired) electrons. The molecule has 3 nitrogen and oxygen atoms in total. The van der Waals surface area contributed by atoms with Crippen LogP contribution in [0.2, 0.25) is 0 Å². The van der Waals surface area contributed by atoms with Gasteiger partial charge in [0.1, 0.15) is 17.4 Å². The highest BCUT2D eigenvalue weighted by molar-refractivity contribution is 7.98. The normalized spacial score (nSPS) is 13.3. The topological polar surface area (TPSA) is 45.9 Å². The van der Waals surface area contributed by atoms with E-state index in [9.17, 15) is 5.26 Å². The Balaban J connectivity index is 2.00. The van der Waals surface area contributed by atoms with Crippen LogP contribution >= 0.6 is 11.8 Å². The van der Waals surface area contributed by atoms with Crippen LogP contribution < -0.4 is 4.74 Å². The maximum absolute atomic E-state index is 9.35. The summed E-state index contributed by atoms with van der Waals surface area (Å²) in [6.45, 7) is 0. The number of rotatable bonds is 3. The van der Waals surface area contributed by atoms with E-state index in [1.807, 2.05) is 36.6 Å². The molecule has 0 atom stereocenters. The molecule has 1 aromatic heterocycles. The fourth-order valence-electron chi connectivity index (χ4n) is 2.58. The lowest BCUT2D eigenvalue weighted by atomic mass is 9.95. The number of hydrogen-bond acceptors (Lipinski definition) is 4. The van der Waals surface area contributed by atoms with E-state index in [0.29, 0.717) is 11.4 Å². The quantitative estimate of drug-likeness (QED) is 0.790. The van der Waals surface area contributed by atoms with Gasteiger partial charge in [0.2, 0.25) is 5.88 Å². The van der Waals surface area contributed by atoms with Crippen molar-refractivity contribution in [2.45, 2.75) is 30.6 Å². The third-order valence-corrected chi connectivity index (χ3v) is 4.44. The highest BCUT2D eigenvalue weighted by Gasteiger charge is 2.17. The molecule has 1 heterocycles. The number of aryl methyl sites for hydroxylation is 2. The molecule has 3 rings (SSSR count). The van der Waals surface area contributed by atoms with Gasteiger partial charge < -0.3 is 4.74 Å². The first-order valence-corrected chi connectivity index (χ1v) is 8.28. The highest BCUT2D eigenvalue weighted by Crippen LogP contribution is 2.33. The molecule has 1 aromatic carbocycles.